The number of carbonyl (C=O) groups excluding carboxylic acids is 1. The van der Waals surface area contributed by atoms with Crippen molar-refractivity contribution in [1.29, 1.82) is 0 Å². The van der Waals surface area contributed by atoms with Crippen molar-refractivity contribution in [2.24, 2.45) is 0 Å². The quantitative estimate of drug-likeness (QED) is 0.901. The summed E-state index contributed by atoms with van der Waals surface area (Å²) in [5.41, 5.74) is 3.11. The van der Waals surface area contributed by atoms with Crippen molar-refractivity contribution in [2.45, 2.75) is 25.4 Å². The Hall–Kier alpha value is -2.50. The molecule has 1 aliphatic carbocycles. The number of carbonyl (C=O) groups is 1. The molecule has 1 aliphatic rings. The van der Waals surface area contributed by atoms with Crippen LogP contribution in [0.3, 0.4) is 0 Å². The van der Waals surface area contributed by atoms with E-state index in [9.17, 15) is 18.0 Å². The maximum Gasteiger partial charge on any atom is 0.422 e. The Morgan fingerprint density at radius 2 is 1.83 bits per heavy atom. The van der Waals surface area contributed by atoms with Crippen LogP contribution in [0.25, 0.3) is 0 Å². The van der Waals surface area contributed by atoms with Crippen LogP contribution in [0.15, 0.2) is 42.5 Å². The molecule has 0 saturated carbocycles. The number of alkyl halides is 3. The zero-order valence-electron chi connectivity index (χ0n) is 12.8. The molecular formula is C18H16F3NO2. The predicted molar refractivity (Wildman–Crippen MR) is 84.4 cm³/mol. The summed E-state index contributed by atoms with van der Waals surface area (Å²) in [6, 6.07) is 11.6. The second kappa shape index (κ2) is 6.55. The fourth-order valence-electron chi connectivity index (χ4n) is 2.76. The fraction of sp³-hybridized carbons (Fsp3) is 0.278. The zero-order valence-corrected chi connectivity index (χ0v) is 12.8. The molecule has 0 aromatic heterocycles. The molecule has 0 heterocycles. The number of rotatable bonds is 4. The van der Waals surface area contributed by atoms with Gasteiger partial charge in [-0.15, -0.1) is 0 Å². The molecule has 126 valence electrons. The van der Waals surface area contributed by atoms with Crippen molar-refractivity contribution in [3.05, 3.63) is 59.2 Å². The second-order valence-corrected chi connectivity index (χ2v) is 5.69. The van der Waals surface area contributed by atoms with Crippen LogP contribution in [0.5, 0.6) is 5.75 Å². The highest BCUT2D eigenvalue weighted by atomic mass is 19.4. The Bertz CT molecular complexity index is 756. The number of anilines is 1. The van der Waals surface area contributed by atoms with Gasteiger partial charge in [-0.3, -0.25) is 4.79 Å². The average molecular weight is 335 g/mol. The van der Waals surface area contributed by atoms with Gasteiger partial charge in [0.25, 0.3) is 5.91 Å². The molecule has 3 nitrogen and oxygen atoms in total. The molecule has 0 fully saturated rings. The molecule has 0 aliphatic heterocycles. The molecule has 1 amide bonds. The Morgan fingerprint density at radius 1 is 1.08 bits per heavy atom. The first-order valence-electron chi connectivity index (χ1n) is 7.64. The van der Waals surface area contributed by atoms with Crippen molar-refractivity contribution in [1.82, 2.24) is 0 Å². The first-order valence-corrected chi connectivity index (χ1v) is 7.64. The first kappa shape index (κ1) is 16.4. The number of fused-ring (bicyclic) bond motifs is 1. The highest BCUT2D eigenvalue weighted by Crippen LogP contribution is 2.28. The van der Waals surface area contributed by atoms with Crippen LogP contribution in [0.2, 0.25) is 0 Å². The number of hydrogen-bond donors (Lipinski definition) is 1. The lowest BCUT2D eigenvalue weighted by Gasteiger charge is -2.14. The summed E-state index contributed by atoms with van der Waals surface area (Å²) >= 11 is 0. The molecule has 0 spiro atoms. The van der Waals surface area contributed by atoms with Crippen LogP contribution in [0, 0.1) is 0 Å². The lowest BCUT2D eigenvalue weighted by Crippen LogP contribution is -2.20. The van der Waals surface area contributed by atoms with E-state index < -0.39 is 12.8 Å². The van der Waals surface area contributed by atoms with Crippen LogP contribution in [0.1, 0.15) is 27.9 Å². The van der Waals surface area contributed by atoms with Gasteiger partial charge in [0.05, 0.1) is 5.69 Å². The minimum absolute atomic E-state index is 0.00987. The SMILES string of the molecule is O=C(Nc1ccccc1OCC(F)(F)F)c1ccc2c(c1)CCC2. The van der Waals surface area contributed by atoms with Crippen molar-refractivity contribution in [2.75, 3.05) is 11.9 Å². The fourth-order valence-corrected chi connectivity index (χ4v) is 2.76. The summed E-state index contributed by atoms with van der Waals surface area (Å²) in [5.74, 6) is -0.378. The predicted octanol–water partition coefficient (Wildman–Crippen LogP) is 4.37. The molecule has 6 heteroatoms. The molecule has 0 saturated heterocycles. The van der Waals surface area contributed by atoms with Gasteiger partial charge >= 0.3 is 6.18 Å². The van der Waals surface area contributed by atoms with Gasteiger partial charge in [-0.1, -0.05) is 18.2 Å². The minimum Gasteiger partial charge on any atom is -0.482 e. The minimum atomic E-state index is -4.43. The smallest absolute Gasteiger partial charge is 0.422 e. The molecule has 0 bridgehead atoms. The number of amides is 1. The largest absolute Gasteiger partial charge is 0.482 e. The van der Waals surface area contributed by atoms with E-state index in [-0.39, 0.29) is 17.3 Å². The van der Waals surface area contributed by atoms with Crippen molar-refractivity contribution >= 4 is 11.6 Å². The van der Waals surface area contributed by atoms with Gasteiger partial charge in [0.15, 0.2) is 6.61 Å². The first-order chi connectivity index (χ1) is 11.4. The van der Waals surface area contributed by atoms with Crippen LogP contribution >= 0.6 is 0 Å². The van der Waals surface area contributed by atoms with Crippen LogP contribution < -0.4 is 10.1 Å². The summed E-state index contributed by atoms with van der Waals surface area (Å²) in [6.45, 7) is -1.40. The van der Waals surface area contributed by atoms with Crippen LogP contribution in [-0.2, 0) is 12.8 Å². The summed E-state index contributed by atoms with van der Waals surface area (Å²) in [6.07, 6.45) is -1.39. The maximum atomic E-state index is 12.4. The Labute approximate surface area is 137 Å². The number of para-hydroxylation sites is 2. The van der Waals surface area contributed by atoms with Gasteiger partial charge in [-0.05, 0) is 54.7 Å². The lowest BCUT2D eigenvalue weighted by molar-refractivity contribution is -0.153. The van der Waals surface area contributed by atoms with E-state index in [1.54, 1.807) is 18.2 Å². The molecule has 0 unspecified atom stereocenters. The van der Waals surface area contributed by atoms with Crippen LogP contribution in [0.4, 0.5) is 18.9 Å². The summed E-state index contributed by atoms with van der Waals surface area (Å²) in [5, 5.41) is 2.62. The monoisotopic (exact) mass is 335 g/mol. The third-order valence-corrected chi connectivity index (χ3v) is 3.89. The number of benzene rings is 2. The molecule has 2 aromatic carbocycles. The second-order valence-electron chi connectivity index (χ2n) is 5.69. The Morgan fingerprint density at radius 3 is 2.62 bits per heavy atom. The van der Waals surface area contributed by atoms with E-state index in [2.05, 4.69) is 5.32 Å². The lowest BCUT2D eigenvalue weighted by atomic mass is 10.1. The highest BCUT2D eigenvalue weighted by molar-refractivity contribution is 6.05. The summed E-state index contributed by atoms with van der Waals surface area (Å²) in [7, 11) is 0. The molecule has 0 atom stereocenters. The molecule has 0 radical (unpaired) electrons. The molecule has 24 heavy (non-hydrogen) atoms. The highest BCUT2D eigenvalue weighted by Gasteiger charge is 2.29. The average Bonchev–Trinajstić information content (AvgIpc) is 3.00. The Balaban J connectivity index is 1.75. The summed E-state index contributed by atoms with van der Waals surface area (Å²) in [4.78, 5) is 12.4. The van der Waals surface area contributed by atoms with E-state index in [1.807, 2.05) is 12.1 Å². The third kappa shape index (κ3) is 3.88. The third-order valence-electron chi connectivity index (χ3n) is 3.89. The molecule has 1 N–H and O–H groups in total. The normalized spacial score (nSPS) is 13.5. The van der Waals surface area contributed by atoms with Gasteiger partial charge in [-0.2, -0.15) is 13.2 Å². The molecule has 2 aromatic rings. The van der Waals surface area contributed by atoms with E-state index in [0.717, 1.165) is 24.8 Å². The van der Waals surface area contributed by atoms with Crippen molar-refractivity contribution in [3.8, 4) is 5.75 Å². The number of aryl methyl sites for hydroxylation is 2. The molecular weight excluding hydrogens is 319 g/mol. The molecule has 3 rings (SSSR count). The van der Waals surface area contributed by atoms with E-state index in [0.29, 0.717) is 5.56 Å². The topological polar surface area (TPSA) is 38.3 Å². The number of nitrogens with one attached hydrogen (secondary N) is 1. The number of halogens is 3. The van der Waals surface area contributed by atoms with Gasteiger partial charge in [0.1, 0.15) is 5.75 Å². The standard InChI is InChI=1S/C18H16F3NO2/c19-18(20,21)11-24-16-7-2-1-6-15(16)22-17(23)14-9-8-12-4-3-5-13(12)10-14/h1-2,6-10H,3-5,11H2,(H,22,23). The van der Waals surface area contributed by atoms with Gasteiger partial charge in [0, 0.05) is 5.56 Å². The zero-order chi connectivity index (χ0) is 17.2. The Kier molecular flexibility index (Phi) is 4.46. The van der Waals surface area contributed by atoms with E-state index in [1.165, 1.54) is 17.7 Å². The van der Waals surface area contributed by atoms with Gasteiger partial charge in [-0.25, -0.2) is 0 Å². The van der Waals surface area contributed by atoms with Crippen molar-refractivity contribution < 1.29 is 22.7 Å². The summed E-state index contributed by atoms with van der Waals surface area (Å²) < 4.78 is 41.7. The van der Waals surface area contributed by atoms with Gasteiger partial charge < -0.3 is 10.1 Å². The van der Waals surface area contributed by atoms with Crippen LogP contribution in [-0.4, -0.2) is 18.7 Å². The number of ether oxygens (including phenoxy) is 1. The van der Waals surface area contributed by atoms with E-state index in [4.69, 9.17) is 4.74 Å². The maximum absolute atomic E-state index is 12.4. The number of hydrogen-bond acceptors (Lipinski definition) is 2. The van der Waals surface area contributed by atoms with Gasteiger partial charge in [0.2, 0.25) is 0 Å². The van der Waals surface area contributed by atoms with E-state index >= 15 is 0 Å². The van der Waals surface area contributed by atoms with Crippen molar-refractivity contribution in [3.63, 3.8) is 0 Å².